The fourth-order valence-electron chi connectivity index (χ4n) is 2.36. The number of hydrogen-bond donors (Lipinski definition) is 1. The maximum Gasteiger partial charge on any atom is 0.134 e. The third kappa shape index (κ3) is 3.16. The summed E-state index contributed by atoms with van der Waals surface area (Å²) in [5, 5.41) is 3.15. The van der Waals surface area contributed by atoms with Crippen molar-refractivity contribution in [3.63, 3.8) is 0 Å². The van der Waals surface area contributed by atoms with E-state index >= 15 is 0 Å². The molecule has 0 aromatic carbocycles. The number of nitrogens with zero attached hydrogens (tertiary/aromatic N) is 3. The topological polar surface area (TPSA) is 64.7 Å². The van der Waals surface area contributed by atoms with Gasteiger partial charge in [0.25, 0.3) is 0 Å². The fraction of sp³-hybridized carbons (Fsp3) is 0.500. The predicted molar refractivity (Wildman–Crippen MR) is 78.6 cm³/mol. The Balaban J connectivity index is 2.29. The quantitative estimate of drug-likeness (QED) is 0.932. The molecule has 0 saturated heterocycles. The Kier molecular flexibility index (Phi) is 4.27. The first-order valence-corrected chi connectivity index (χ1v) is 7.34. The van der Waals surface area contributed by atoms with E-state index in [9.17, 15) is 0 Å². The molecule has 2 aromatic heterocycles. The third-order valence-electron chi connectivity index (χ3n) is 3.23. The molecule has 102 valence electrons. The lowest BCUT2D eigenvalue weighted by molar-refractivity contribution is 0.732. The van der Waals surface area contributed by atoms with Gasteiger partial charge >= 0.3 is 0 Å². The van der Waals surface area contributed by atoms with Gasteiger partial charge in [0.05, 0.1) is 17.1 Å². The normalized spacial score (nSPS) is 12.7. The van der Waals surface area contributed by atoms with Crippen molar-refractivity contribution in [1.82, 2.24) is 15.0 Å². The summed E-state index contributed by atoms with van der Waals surface area (Å²) in [5.41, 5.74) is 10.0. The molecular formula is C14H20N4S. The van der Waals surface area contributed by atoms with Gasteiger partial charge in [0.2, 0.25) is 0 Å². The molecule has 0 spiro atoms. The van der Waals surface area contributed by atoms with Crippen molar-refractivity contribution in [2.45, 2.75) is 40.0 Å². The van der Waals surface area contributed by atoms with Gasteiger partial charge in [0.15, 0.2) is 0 Å². The van der Waals surface area contributed by atoms with Crippen LogP contribution in [-0.2, 0) is 6.42 Å². The smallest absolute Gasteiger partial charge is 0.134 e. The zero-order valence-electron chi connectivity index (χ0n) is 11.9. The van der Waals surface area contributed by atoms with E-state index in [0.29, 0.717) is 18.9 Å². The molecule has 19 heavy (non-hydrogen) atoms. The van der Waals surface area contributed by atoms with E-state index in [4.69, 9.17) is 5.73 Å². The summed E-state index contributed by atoms with van der Waals surface area (Å²) in [6.45, 7) is 8.81. The lowest BCUT2D eigenvalue weighted by Crippen LogP contribution is -2.15. The lowest BCUT2D eigenvalue weighted by atomic mass is 9.98. The number of thiazole rings is 1. The molecule has 2 rings (SSSR count). The van der Waals surface area contributed by atoms with Crippen LogP contribution in [0.25, 0.3) is 0 Å². The summed E-state index contributed by atoms with van der Waals surface area (Å²) in [5.74, 6) is 1.14. The SMILES string of the molecule is Cc1nc(Cc2nc(C)c(C(C)CN)c(C)n2)cs1. The van der Waals surface area contributed by atoms with Crippen molar-refractivity contribution in [3.05, 3.63) is 38.9 Å². The van der Waals surface area contributed by atoms with Crippen LogP contribution in [0.3, 0.4) is 0 Å². The van der Waals surface area contributed by atoms with Crippen LogP contribution in [0.4, 0.5) is 0 Å². The molecular weight excluding hydrogens is 256 g/mol. The molecule has 0 aliphatic heterocycles. The Morgan fingerprint density at radius 3 is 2.26 bits per heavy atom. The van der Waals surface area contributed by atoms with Crippen LogP contribution in [0.5, 0.6) is 0 Å². The highest BCUT2D eigenvalue weighted by molar-refractivity contribution is 7.09. The van der Waals surface area contributed by atoms with Crippen LogP contribution in [0.2, 0.25) is 0 Å². The second-order valence-electron chi connectivity index (χ2n) is 4.90. The highest BCUT2D eigenvalue weighted by Crippen LogP contribution is 2.21. The molecule has 2 heterocycles. The first kappa shape index (κ1) is 14.1. The van der Waals surface area contributed by atoms with Crippen molar-refractivity contribution in [2.24, 2.45) is 5.73 Å². The average molecular weight is 276 g/mol. The molecule has 0 fully saturated rings. The number of aromatic nitrogens is 3. The molecule has 1 unspecified atom stereocenters. The van der Waals surface area contributed by atoms with Gasteiger partial charge in [-0.25, -0.2) is 15.0 Å². The van der Waals surface area contributed by atoms with E-state index < -0.39 is 0 Å². The largest absolute Gasteiger partial charge is 0.330 e. The third-order valence-corrected chi connectivity index (χ3v) is 4.05. The van der Waals surface area contributed by atoms with Gasteiger partial charge in [-0.15, -0.1) is 11.3 Å². The molecule has 0 aliphatic carbocycles. The molecule has 2 aromatic rings. The van der Waals surface area contributed by atoms with Crippen LogP contribution < -0.4 is 5.73 Å². The van der Waals surface area contributed by atoms with E-state index in [-0.39, 0.29) is 0 Å². The molecule has 0 amide bonds. The number of aryl methyl sites for hydroxylation is 3. The van der Waals surface area contributed by atoms with Crippen LogP contribution in [-0.4, -0.2) is 21.5 Å². The van der Waals surface area contributed by atoms with Gasteiger partial charge in [0, 0.05) is 16.8 Å². The van der Waals surface area contributed by atoms with Crippen molar-refractivity contribution in [3.8, 4) is 0 Å². The maximum absolute atomic E-state index is 5.74. The van der Waals surface area contributed by atoms with Gasteiger partial charge in [-0.1, -0.05) is 6.92 Å². The van der Waals surface area contributed by atoms with Crippen LogP contribution in [0.15, 0.2) is 5.38 Å². The van der Waals surface area contributed by atoms with E-state index in [1.807, 2.05) is 20.8 Å². The highest BCUT2D eigenvalue weighted by Gasteiger charge is 2.14. The number of hydrogen-bond acceptors (Lipinski definition) is 5. The number of nitrogens with two attached hydrogens (primary N) is 1. The summed E-state index contributed by atoms with van der Waals surface area (Å²) in [6, 6.07) is 0. The zero-order chi connectivity index (χ0) is 14.0. The van der Waals surface area contributed by atoms with Gasteiger partial charge in [-0.05, 0) is 38.8 Å². The van der Waals surface area contributed by atoms with Gasteiger partial charge in [-0.3, -0.25) is 0 Å². The Labute approximate surface area is 118 Å². The number of rotatable bonds is 4. The molecule has 0 aliphatic rings. The van der Waals surface area contributed by atoms with Crippen molar-refractivity contribution in [2.75, 3.05) is 6.54 Å². The Morgan fingerprint density at radius 2 is 1.79 bits per heavy atom. The summed E-state index contributed by atoms with van der Waals surface area (Å²) < 4.78 is 0. The lowest BCUT2D eigenvalue weighted by Gasteiger charge is -2.15. The second kappa shape index (κ2) is 5.75. The predicted octanol–water partition coefficient (Wildman–Crippen LogP) is 2.51. The average Bonchev–Trinajstić information content (AvgIpc) is 2.73. The summed E-state index contributed by atoms with van der Waals surface area (Å²) >= 11 is 1.66. The Hall–Kier alpha value is -1.33. The van der Waals surface area contributed by atoms with E-state index in [2.05, 4.69) is 27.3 Å². The van der Waals surface area contributed by atoms with Crippen molar-refractivity contribution >= 4 is 11.3 Å². The summed E-state index contributed by atoms with van der Waals surface area (Å²) in [6.07, 6.45) is 0.698. The fourth-order valence-corrected chi connectivity index (χ4v) is 2.97. The minimum atomic E-state index is 0.301. The molecule has 4 nitrogen and oxygen atoms in total. The van der Waals surface area contributed by atoms with Gasteiger partial charge in [-0.2, -0.15) is 0 Å². The van der Waals surface area contributed by atoms with Crippen molar-refractivity contribution < 1.29 is 0 Å². The van der Waals surface area contributed by atoms with E-state index in [1.165, 1.54) is 5.56 Å². The monoisotopic (exact) mass is 276 g/mol. The van der Waals surface area contributed by atoms with E-state index in [0.717, 1.165) is 27.9 Å². The Morgan fingerprint density at radius 1 is 1.16 bits per heavy atom. The molecule has 0 bridgehead atoms. The molecule has 1 atom stereocenters. The maximum atomic E-state index is 5.74. The summed E-state index contributed by atoms with van der Waals surface area (Å²) in [4.78, 5) is 13.7. The Bertz CT molecular complexity index is 554. The van der Waals surface area contributed by atoms with Crippen LogP contribution in [0.1, 0.15) is 46.3 Å². The van der Waals surface area contributed by atoms with Crippen LogP contribution in [0, 0.1) is 20.8 Å². The first-order chi connectivity index (χ1) is 9.01. The van der Waals surface area contributed by atoms with Crippen molar-refractivity contribution in [1.29, 1.82) is 0 Å². The van der Waals surface area contributed by atoms with Gasteiger partial charge in [0.1, 0.15) is 5.82 Å². The minimum absolute atomic E-state index is 0.301. The zero-order valence-corrected chi connectivity index (χ0v) is 12.7. The molecule has 0 saturated carbocycles. The first-order valence-electron chi connectivity index (χ1n) is 6.46. The standard InChI is InChI=1S/C14H20N4S/c1-8(6-15)14-9(2)16-13(17-10(14)3)5-12-7-19-11(4)18-12/h7-8H,5-6,15H2,1-4H3. The second-order valence-corrected chi connectivity index (χ2v) is 5.96. The van der Waals surface area contributed by atoms with Crippen LogP contribution >= 0.6 is 11.3 Å². The van der Waals surface area contributed by atoms with E-state index in [1.54, 1.807) is 11.3 Å². The highest BCUT2D eigenvalue weighted by atomic mass is 32.1. The molecule has 2 N–H and O–H groups in total. The summed E-state index contributed by atoms with van der Waals surface area (Å²) in [7, 11) is 0. The minimum Gasteiger partial charge on any atom is -0.330 e. The molecule has 0 radical (unpaired) electrons. The molecule has 5 heteroatoms. The van der Waals surface area contributed by atoms with Gasteiger partial charge < -0.3 is 5.73 Å².